The molecule has 1 saturated carbocycles. The highest BCUT2D eigenvalue weighted by Gasteiger charge is 2.33. The molecular weight excluding hydrogens is 328 g/mol. The summed E-state index contributed by atoms with van der Waals surface area (Å²) in [5, 5.41) is 11.5. The van der Waals surface area contributed by atoms with Gasteiger partial charge in [0.15, 0.2) is 0 Å². The number of fused-ring (bicyclic) bond motifs is 1. The third kappa shape index (κ3) is 3.35. The van der Waals surface area contributed by atoms with Crippen molar-refractivity contribution < 1.29 is 4.79 Å². The van der Waals surface area contributed by atoms with E-state index in [4.69, 9.17) is 0 Å². The summed E-state index contributed by atoms with van der Waals surface area (Å²) in [5.41, 5.74) is 2.52. The Labute approximate surface area is 150 Å². The molecule has 0 bridgehead atoms. The Hall–Kier alpha value is -3.02. The molecule has 1 aliphatic carbocycles. The number of hydrogen-bond donors (Lipinski definition) is 1. The minimum atomic E-state index is -0.302. The lowest BCUT2D eigenvalue weighted by atomic mass is 10.0. The lowest BCUT2D eigenvalue weighted by molar-refractivity contribution is -0.122. The molecule has 26 heavy (non-hydrogen) atoms. The Morgan fingerprint density at radius 1 is 1.19 bits per heavy atom. The van der Waals surface area contributed by atoms with E-state index < -0.39 is 0 Å². The van der Waals surface area contributed by atoms with Gasteiger partial charge in [-0.15, -0.1) is 5.10 Å². The summed E-state index contributed by atoms with van der Waals surface area (Å²) < 4.78 is 1.12. The highest BCUT2D eigenvalue weighted by atomic mass is 16.2. The fourth-order valence-electron chi connectivity index (χ4n) is 3.16. The van der Waals surface area contributed by atoms with E-state index in [-0.39, 0.29) is 24.1 Å². The van der Waals surface area contributed by atoms with Gasteiger partial charge in [0.2, 0.25) is 5.91 Å². The summed E-state index contributed by atoms with van der Waals surface area (Å²) in [4.78, 5) is 25.0. The molecule has 4 rings (SSSR count). The topological polar surface area (TPSA) is 76.9 Å². The summed E-state index contributed by atoms with van der Waals surface area (Å²) in [6.45, 7) is 1.91. The van der Waals surface area contributed by atoms with Crippen LogP contribution in [0.4, 0.5) is 0 Å². The Kier molecular flexibility index (Phi) is 4.24. The maximum absolute atomic E-state index is 12.5. The molecule has 6 heteroatoms. The first-order chi connectivity index (χ1) is 12.6. The number of benzene rings is 2. The largest absolute Gasteiger partial charge is 0.347 e. The van der Waals surface area contributed by atoms with Crippen molar-refractivity contribution in [3.63, 3.8) is 0 Å². The standard InChI is InChI=1S/C20H20N4O2/c1-13-6-8-14(9-7-13)19(15-10-11-15)21-18(25)12-24-20(26)16-4-2-3-5-17(16)22-23-24/h2-9,15,19H,10-12H2,1H3,(H,21,25)/t19-/m0/s1. The van der Waals surface area contributed by atoms with Crippen molar-refractivity contribution in [3.05, 3.63) is 70.0 Å². The van der Waals surface area contributed by atoms with Gasteiger partial charge in [0.25, 0.3) is 5.56 Å². The van der Waals surface area contributed by atoms with E-state index in [0.717, 1.165) is 23.1 Å². The Morgan fingerprint density at radius 2 is 1.92 bits per heavy atom. The lowest BCUT2D eigenvalue weighted by Gasteiger charge is -2.19. The summed E-state index contributed by atoms with van der Waals surface area (Å²) in [5.74, 6) is 0.232. The van der Waals surface area contributed by atoms with Gasteiger partial charge in [-0.25, -0.2) is 4.68 Å². The number of nitrogens with zero attached hydrogens (tertiary/aromatic N) is 3. The Morgan fingerprint density at radius 3 is 2.65 bits per heavy atom. The van der Waals surface area contributed by atoms with Gasteiger partial charge in [-0.3, -0.25) is 9.59 Å². The zero-order valence-corrected chi connectivity index (χ0v) is 14.6. The second-order valence-corrected chi connectivity index (χ2v) is 6.86. The van der Waals surface area contributed by atoms with Crippen molar-refractivity contribution in [2.75, 3.05) is 0 Å². The number of rotatable bonds is 5. The fourth-order valence-corrected chi connectivity index (χ4v) is 3.16. The lowest BCUT2D eigenvalue weighted by Crippen LogP contribution is -2.36. The summed E-state index contributed by atoms with van der Waals surface area (Å²) in [6, 6.07) is 15.2. The van der Waals surface area contributed by atoms with Crippen LogP contribution in [0.3, 0.4) is 0 Å². The molecule has 1 atom stereocenters. The average Bonchev–Trinajstić information content (AvgIpc) is 3.48. The van der Waals surface area contributed by atoms with E-state index in [0.29, 0.717) is 16.8 Å². The molecule has 0 aliphatic heterocycles. The SMILES string of the molecule is Cc1ccc([C@H](NC(=O)Cn2nnc3ccccc3c2=O)C2CC2)cc1. The maximum Gasteiger partial charge on any atom is 0.278 e. The second kappa shape index (κ2) is 6.71. The highest BCUT2D eigenvalue weighted by molar-refractivity contribution is 5.78. The van der Waals surface area contributed by atoms with Crippen LogP contribution in [0, 0.1) is 12.8 Å². The van der Waals surface area contributed by atoms with Crippen LogP contribution in [0.5, 0.6) is 0 Å². The van der Waals surface area contributed by atoms with Gasteiger partial charge in [-0.2, -0.15) is 0 Å². The molecule has 6 nitrogen and oxygen atoms in total. The quantitative estimate of drug-likeness (QED) is 0.768. The van der Waals surface area contributed by atoms with E-state index >= 15 is 0 Å². The van der Waals surface area contributed by atoms with Crippen molar-refractivity contribution in [2.24, 2.45) is 5.92 Å². The molecule has 1 amide bonds. The van der Waals surface area contributed by atoms with E-state index in [2.05, 4.69) is 39.9 Å². The Balaban J connectivity index is 1.53. The number of carbonyl (C=O) groups is 1. The van der Waals surface area contributed by atoms with Gasteiger partial charge >= 0.3 is 0 Å². The molecule has 0 unspecified atom stereocenters. The number of hydrogen-bond acceptors (Lipinski definition) is 4. The third-order valence-electron chi connectivity index (χ3n) is 4.77. The van der Waals surface area contributed by atoms with Crippen LogP contribution in [-0.2, 0) is 11.3 Å². The molecular formula is C20H20N4O2. The number of aromatic nitrogens is 3. The molecule has 2 aromatic carbocycles. The predicted octanol–water partition coefficient (Wildman–Crippen LogP) is 2.37. The molecule has 1 aliphatic rings. The monoisotopic (exact) mass is 348 g/mol. The van der Waals surface area contributed by atoms with Gasteiger partial charge in [-0.1, -0.05) is 47.2 Å². The first kappa shape index (κ1) is 16.4. The van der Waals surface area contributed by atoms with Crippen LogP contribution in [0.25, 0.3) is 10.9 Å². The average molecular weight is 348 g/mol. The third-order valence-corrected chi connectivity index (χ3v) is 4.77. The minimum absolute atomic E-state index is 0.0211. The van der Waals surface area contributed by atoms with Gasteiger partial charge < -0.3 is 5.32 Å². The molecule has 1 heterocycles. The van der Waals surface area contributed by atoms with Gasteiger partial charge in [0, 0.05) is 0 Å². The Bertz CT molecular complexity index is 1010. The van der Waals surface area contributed by atoms with Crippen LogP contribution in [-0.4, -0.2) is 20.9 Å². The van der Waals surface area contributed by atoms with Crippen LogP contribution in [0.1, 0.15) is 30.0 Å². The second-order valence-electron chi connectivity index (χ2n) is 6.86. The molecule has 1 N–H and O–H groups in total. The van der Waals surface area contributed by atoms with Crippen LogP contribution in [0.2, 0.25) is 0 Å². The first-order valence-corrected chi connectivity index (χ1v) is 8.80. The van der Waals surface area contributed by atoms with Crippen molar-refractivity contribution >= 4 is 16.8 Å². The minimum Gasteiger partial charge on any atom is -0.347 e. The summed E-state index contributed by atoms with van der Waals surface area (Å²) in [6.07, 6.45) is 2.21. The van der Waals surface area contributed by atoms with Crippen LogP contribution < -0.4 is 10.9 Å². The molecule has 1 fully saturated rings. The van der Waals surface area contributed by atoms with E-state index in [1.807, 2.05) is 6.92 Å². The number of carbonyl (C=O) groups excluding carboxylic acids is 1. The van der Waals surface area contributed by atoms with Gasteiger partial charge in [0.1, 0.15) is 12.1 Å². The van der Waals surface area contributed by atoms with Crippen molar-refractivity contribution in [2.45, 2.75) is 32.4 Å². The predicted molar refractivity (Wildman–Crippen MR) is 98.6 cm³/mol. The van der Waals surface area contributed by atoms with Gasteiger partial charge in [-0.05, 0) is 43.4 Å². The van der Waals surface area contributed by atoms with Crippen molar-refractivity contribution in [3.8, 4) is 0 Å². The van der Waals surface area contributed by atoms with Gasteiger partial charge in [0.05, 0.1) is 11.4 Å². The number of nitrogens with one attached hydrogen (secondary N) is 1. The number of amides is 1. The molecule has 0 spiro atoms. The van der Waals surface area contributed by atoms with Crippen LogP contribution >= 0.6 is 0 Å². The van der Waals surface area contributed by atoms with E-state index in [1.54, 1.807) is 24.3 Å². The zero-order valence-electron chi connectivity index (χ0n) is 14.6. The molecule has 3 aromatic rings. The zero-order chi connectivity index (χ0) is 18.1. The highest BCUT2D eigenvalue weighted by Crippen LogP contribution is 2.41. The summed E-state index contributed by atoms with van der Waals surface area (Å²) >= 11 is 0. The van der Waals surface area contributed by atoms with E-state index in [1.165, 1.54) is 5.56 Å². The molecule has 0 radical (unpaired) electrons. The first-order valence-electron chi connectivity index (χ1n) is 8.80. The van der Waals surface area contributed by atoms with Crippen LogP contribution in [0.15, 0.2) is 53.3 Å². The fraction of sp³-hybridized carbons (Fsp3) is 0.300. The van der Waals surface area contributed by atoms with Crippen molar-refractivity contribution in [1.82, 2.24) is 20.3 Å². The molecule has 1 aromatic heterocycles. The molecule has 0 saturated heterocycles. The normalized spacial score (nSPS) is 15.0. The maximum atomic E-state index is 12.5. The molecule has 132 valence electrons. The smallest absolute Gasteiger partial charge is 0.278 e. The number of aryl methyl sites for hydroxylation is 1. The van der Waals surface area contributed by atoms with Crippen molar-refractivity contribution in [1.29, 1.82) is 0 Å². The summed E-state index contributed by atoms with van der Waals surface area (Å²) in [7, 11) is 0. The van der Waals surface area contributed by atoms with E-state index in [9.17, 15) is 9.59 Å².